The molecule has 0 fully saturated rings. The van der Waals surface area contributed by atoms with E-state index in [1.807, 2.05) is 19.9 Å². The average Bonchev–Trinajstić information content (AvgIpc) is 2.67. The highest BCUT2D eigenvalue weighted by molar-refractivity contribution is 7.92. The largest absolute Gasteiger partial charge is 0.339 e. The van der Waals surface area contributed by atoms with Gasteiger partial charge in [0.15, 0.2) is 0 Å². The maximum absolute atomic E-state index is 12.6. The Hall–Kier alpha value is -2.85. The summed E-state index contributed by atoms with van der Waals surface area (Å²) >= 11 is 0. The summed E-state index contributed by atoms with van der Waals surface area (Å²) in [4.78, 5) is 14.4. The van der Waals surface area contributed by atoms with Crippen LogP contribution in [0.15, 0.2) is 53.4 Å². The first kappa shape index (κ1) is 20.5. The minimum Gasteiger partial charge on any atom is -0.339 e. The minimum absolute atomic E-state index is 0.0546. The van der Waals surface area contributed by atoms with Gasteiger partial charge in [-0.2, -0.15) is 5.26 Å². The number of anilines is 1. The van der Waals surface area contributed by atoms with Crippen molar-refractivity contribution in [2.75, 3.05) is 17.8 Å². The van der Waals surface area contributed by atoms with Gasteiger partial charge in [-0.25, -0.2) is 8.42 Å². The van der Waals surface area contributed by atoms with Crippen molar-refractivity contribution < 1.29 is 13.2 Å². The third-order valence-corrected chi connectivity index (χ3v) is 5.33. The number of benzene rings is 2. The van der Waals surface area contributed by atoms with Crippen molar-refractivity contribution in [1.82, 2.24) is 4.90 Å². The van der Waals surface area contributed by atoms with Crippen LogP contribution in [-0.2, 0) is 10.0 Å². The van der Waals surface area contributed by atoms with Gasteiger partial charge in [0.1, 0.15) is 0 Å². The second-order valence-electron chi connectivity index (χ2n) is 6.11. The van der Waals surface area contributed by atoms with Crippen LogP contribution in [0.2, 0.25) is 0 Å². The predicted molar refractivity (Wildman–Crippen MR) is 105 cm³/mol. The van der Waals surface area contributed by atoms with E-state index in [4.69, 9.17) is 5.26 Å². The number of rotatable bonds is 8. The van der Waals surface area contributed by atoms with Crippen LogP contribution in [-0.4, -0.2) is 32.3 Å². The Labute approximate surface area is 160 Å². The SMILES string of the molecule is CCCN(CCC)C(=O)c1ccc(S(=O)(=O)Nc2cccc(C#N)c2)cc1. The molecule has 0 saturated heterocycles. The first-order valence-corrected chi connectivity index (χ1v) is 10.3. The Morgan fingerprint density at radius 2 is 1.70 bits per heavy atom. The summed E-state index contributed by atoms with van der Waals surface area (Å²) in [7, 11) is -3.81. The van der Waals surface area contributed by atoms with Gasteiger partial charge in [0.2, 0.25) is 0 Å². The normalized spacial score (nSPS) is 10.9. The maximum Gasteiger partial charge on any atom is 0.261 e. The molecular formula is C20H23N3O3S. The number of carbonyl (C=O) groups is 1. The van der Waals surface area contributed by atoms with E-state index in [1.54, 1.807) is 23.1 Å². The molecule has 1 N–H and O–H groups in total. The van der Waals surface area contributed by atoms with Crippen LogP contribution in [0.5, 0.6) is 0 Å². The number of hydrogen-bond donors (Lipinski definition) is 1. The molecule has 0 heterocycles. The van der Waals surface area contributed by atoms with Gasteiger partial charge in [-0.05, 0) is 55.3 Å². The Morgan fingerprint density at radius 1 is 1.07 bits per heavy atom. The molecule has 142 valence electrons. The molecule has 0 aliphatic carbocycles. The van der Waals surface area contributed by atoms with E-state index in [0.29, 0.717) is 29.9 Å². The Kier molecular flexibility index (Phi) is 6.97. The fourth-order valence-electron chi connectivity index (χ4n) is 2.68. The van der Waals surface area contributed by atoms with Crippen LogP contribution in [0.3, 0.4) is 0 Å². The van der Waals surface area contributed by atoms with Crippen LogP contribution in [0.4, 0.5) is 5.69 Å². The minimum atomic E-state index is -3.81. The summed E-state index contributed by atoms with van der Waals surface area (Å²) in [5, 5.41) is 8.92. The van der Waals surface area contributed by atoms with Gasteiger partial charge in [0, 0.05) is 18.7 Å². The Balaban J connectivity index is 2.19. The Bertz CT molecular complexity index is 926. The molecule has 0 aromatic heterocycles. The highest BCUT2D eigenvalue weighted by atomic mass is 32.2. The molecule has 2 aromatic rings. The molecule has 6 nitrogen and oxygen atoms in total. The predicted octanol–water partition coefficient (Wildman–Crippen LogP) is 3.62. The van der Waals surface area contributed by atoms with Gasteiger partial charge in [0.05, 0.1) is 22.2 Å². The van der Waals surface area contributed by atoms with Gasteiger partial charge in [0.25, 0.3) is 15.9 Å². The fourth-order valence-corrected chi connectivity index (χ4v) is 3.73. The molecular weight excluding hydrogens is 362 g/mol. The van der Waals surface area contributed by atoms with Gasteiger partial charge in [-0.3, -0.25) is 9.52 Å². The summed E-state index contributed by atoms with van der Waals surface area (Å²) in [5.41, 5.74) is 1.14. The molecule has 0 unspecified atom stereocenters. The van der Waals surface area contributed by atoms with Crippen molar-refractivity contribution in [2.24, 2.45) is 0 Å². The van der Waals surface area contributed by atoms with E-state index in [-0.39, 0.29) is 10.8 Å². The summed E-state index contributed by atoms with van der Waals surface area (Å²) in [5.74, 6) is -0.0997. The summed E-state index contributed by atoms with van der Waals surface area (Å²) in [6.45, 7) is 5.37. The lowest BCUT2D eigenvalue weighted by Crippen LogP contribution is -2.32. The highest BCUT2D eigenvalue weighted by Crippen LogP contribution is 2.18. The second kappa shape index (κ2) is 9.19. The van der Waals surface area contributed by atoms with Crippen LogP contribution >= 0.6 is 0 Å². The standard InChI is InChI=1S/C20H23N3O3S/c1-3-12-23(13-4-2)20(24)17-8-10-19(11-9-17)27(25,26)22-18-7-5-6-16(14-18)15-21/h5-11,14,22H,3-4,12-13H2,1-2H3. The summed E-state index contributed by atoms with van der Waals surface area (Å²) in [6.07, 6.45) is 1.73. The molecule has 27 heavy (non-hydrogen) atoms. The van der Waals surface area contributed by atoms with Crippen molar-refractivity contribution in [2.45, 2.75) is 31.6 Å². The number of nitrogens with one attached hydrogen (secondary N) is 1. The maximum atomic E-state index is 12.6. The molecule has 7 heteroatoms. The van der Waals surface area contributed by atoms with Crippen molar-refractivity contribution in [3.8, 4) is 6.07 Å². The van der Waals surface area contributed by atoms with Gasteiger partial charge in [-0.15, -0.1) is 0 Å². The molecule has 0 bridgehead atoms. The molecule has 0 aliphatic heterocycles. The number of nitrogens with zero attached hydrogens (tertiary/aromatic N) is 2. The first-order valence-electron chi connectivity index (χ1n) is 8.83. The van der Waals surface area contributed by atoms with Crippen LogP contribution in [0.1, 0.15) is 42.6 Å². The zero-order chi connectivity index (χ0) is 19.9. The smallest absolute Gasteiger partial charge is 0.261 e. The van der Waals surface area contributed by atoms with Crippen molar-refractivity contribution in [1.29, 1.82) is 5.26 Å². The average molecular weight is 385 g/mol. The quantitative estimate of drug-likeness (QED) is 0.751. The van der Waals surface area contributed by atoms with Crippen molar-refractivity contribution in [3.63, 3.8) is 0 Å². The lowest BCUT2D eigenvalue weighted by molar-refractivity contribution is 0.0755. The molecule has 2 aromatic carbocycles. The number of amides is 1. The van der Waals surface area contributed by atoms with Gasteiger partial charge >= 0.3 is 0 Å². The highest BCUT2D eigenvalue weighted by Gasteiger charge is 2.18. The lowest BCUT2D eigenvalue weighted by Gasteiger charge is -2.21. The van der Waals surface area contributed by atoms with E-state index in [0.717, 1.165) is 12.8 Å². The van der Waals surface area contributed by atoms with Crippen molar-refractivity contribution in [3.05, 3.63) is 59.7 Å². The third-order valence-electron chi connectivity index (χ3n) is 3.93. The van der Waals surface area contributed by atoms with E-state index in [9.17, 15) is 13.2 Å². The number of carbonyl (C=O) groups excluding carboxylic acids is 1. The number of sulfonamides is 1. The van der Waals surface area contributed by atoms with Gasteiger partial charge in [-0.1, -0.05) is 19.9 Å². The fraction of sp³-hybridized carbons (Fsp3) is 0.300. The molecule has 0 aliphatic rings. The van der Waals surface area contributed by atoms with Crippen molar-refractivity contribution >= 4 is 21.6 Å². The van der Waals surface area contributed by atoms with Crippen LogP contribution in [0.25, 0.3) is 0 Å². The molecule has 2 rings (SSSR count). The lowest BCUT2D eigenvalue weighted by atomic mass is 10.2. The van der Waals surface area contributed by atoms with E-state index < -0.39 is 10.0 Å². The van der Waals surface area contributed by atoms with Crippen LogP contribution in [0, 0.1) is 11.3 Å². The Morgan fingerprint density at radius 3 is 2.26 bits per heavy atom. The zero-order valence-corrected chi connectivity index (χ0v) is 16.3. The number of nitriles is 1. The monoisotopic (exact) mass is 385 g/mol. The molecule has 1 amide bonds. The van der Waals surface area contributed by atoms with E-state index in [1.165, 1.54) is 30.3 Å². The summed E-state index contributed by atoms with van der Waals surface area (Å²) < 4.78 is 27.5. The molecule has 0 saturated carbocycles. The zero-order valence-electron chi connectivity index (χ0n) is 15.5. The topological polar surface area (TPSA) is 90.3 Å². The van der Waals surface area contributed by atoms with E-state index in [2.05, 4.69) is 4.72 Å². The number of hydrogen-bond acceptors (Lipinski definition) is 4. The molecule has 0 radical (unpaired) electrons. The second-order valence-corrected chi connectivity index (χ2v) is 7.80. The third kappa shape index (κ3) is 5.31. The molecule has 0 spiro atoms. The first-order chi connectivity index (χ1) is 12.9. The van der Waals surface area contributed by atoms with E-state index >= 15 is 0 Å². The summed E-state index contributed by atoms with van der Waals surface area (Å²) in [6, 6.07) is 14.1. The van der Waals surface area contributed by atoms with Gasteiger partial charge < -0.3 is 4.90 Å². The molecule has 0 atom stereocenters. The van der Waals surface area contributed by atoms with Crippen LogP contribution < -0.4 is 4.72 Å².